The summed E-state index contributed by atoms with van der Waals surface area (Å²) in [6.45, 7) is 1.93. The van der Waals surface area contributed by atoms with Crippen molar-refractivity contribution < 1.29 is 9.53 Å². The summed E-state index contributed by atoms with van der Waals surface area (Å²) in [5, 5.41) is 12.2. The quantitative estimate of drug-likeness (QED) is 0.381. The summed E-state index contributed by atoms with van der Waals surface area (Å²) in [5.41, 5.74) is 8.04. The number of aromatic nitrogens is 4. The Morgan fingerprint density at radius 1 is 1.26 bits per heavy atom. The summed E-state index contributed by atoms with van der Waals surface area (Å²) < 4.78 is 7.89. The van der Waals surface area contributed by atoms with Crippen molar-refractivity contribution in [2.45, 2.75) is 30.3 Å². The second kappa shape index (κ2) is 9.36. The summed E-state index contributed by atoms with van der Waals surface area (Å²) in [5.74, 6) is 1.46. The second-order valence-corrected chi connectivity index (χ2v) is 8.72. The predicted octanol–water partition coefficient (Wildman–Crippen LogP) is 4.36. The van der Waals surface area contributed by atoms with Crippen molar-refractivity contribution in [3.8, 4) is 5.75 Å². The van der Waals surface area contributed by atoms with Gasteiger partial charge in [-0.2, -0.15) is 0 Å². The molecule has 3 N–H and O–H groups in total. The Morgan fingerprint density at radius 2 is 2.06 bits per heavy atom. The van der Waals surface area contributed by atoms with Gasteiger partial charge in [0.15, 0.2) is 10.3 Å². The first kappa shape index (κ1) is 21.1. The SMILES string of the molecule is CCC(C(=O)Nc1nc2ccc(OC)cc2s1)n1c(N)nnc1SCc1ccccc1. The summed E-state index contributed by atoms with van der Waals surface area (Å²) in [4.78, 5) is 17.6. The maximum atomic E-state index is 13.1. The van der Waals surface area contributed by atoms with E-state index in [2.05, 4.69) is 20.5 Å². The molecule has 160 valence electrons. The monoisotopic (exact) mass is 454 g/mol. The zero-order chi connectivity index (χ0) is 21.8. The average molecular weight is 455 g/mol. The van der Waals surface area contributed by atoms with E-state index in [4.69, 9.17) is 10.5 Å². The molecule has 2 heterocycles. The number of nitrogens with two attached hydrogens (primary N) is 1. The van der Waals surface area contributed by atoms with E-state index in [9.17, 15) is 4.79 Å². The Hall–Kier alpha value is -3.11. The fraction of sp³-hybridized carbons (Fsp3) is 0.238. The highest BCUT2D eigenvalue weighted by atomic mass is 32.2. The van der Waals surface area contributed by atoms with Crippen molar-refractivity contribution in [2.75, 3.05) is 18.2 Å². The average Bonchev–Trinajstić information content (AvgIpc) is 3.35. The number of amides is 1. The second-order valence-electron chi connectivity index (χ2n) is 6.75. The van der Waals surface area contributed by atoms with Gasteiger partial charge in [0.2, 0.25) is 11.9 Å². The molecule has 0 spiro atoms. The molecule has 0 fully saturated rings. The van der Waals surface area contributed by atoms with Gasteiger partial charge in [0, 0.05) is 5.75 Å². The first-order chi connectivity index (χ1) is 15.1. The Labute approximate surface area is 187 Å². The van der Waals surface area contributed by atoms with Crippen molar-refractivity contribution in [1.29, 1.82) is 0 Å². The number of anilines is 2. The molecule has 31 heavy (non-hydrogen) atoms. The van der Waals surface area contributed by atoms with Crippen LogP contribution in [0.5, 0.6) is 5.75 Å². The van der Waals surface area contributed by atoms with Gasteiger partial charge < -0.3 is 15.8 Å². The molecule has 2 aromatic heterocycles. The van der Waals surface area contributed by atoms with Crippen molar-refractivity contribution in [2.24, 2.45) is 0 Å². The first-order valence-electron chi connectivity index (χ1n) is 9.71. The van der Waals surface area contributed by atoms with Crippen LogP contribution in [0.3, 0.4) is 0 Å². The smallest absolute Gasteiger partial charge is 0.249 e. The van der Waals surface area contributed by atoms with E-state index < -0.39 is 6.04 Å². The Balaban J connectivity index is 1.53. The Kier molecular flexibility index (Phi) is 6.38. The summed E-state index contributed by atoms with van der Waals surface area (Å²) in [6, 6.07) is 15.1. The fourth-order valence-corrected chi connectivity index (χ4v) is 5.01. The van der Waals surface area contributed by atoms with Gasteiger partial charge in [0.1, 0.15) is 11.8 Å². The molecule has 0 saturated carbocycles. The van der Waals surface area contributed by atoms with Crippen LogP contribution in [0.4, 0.5) is 11.1 Å². The molecule has 0 bridgehead atoms. The topological polar surface area (TPSA) is 108 Å². The molecule has 1 atom stereocenters. The molecule has 4 rings (SSSR count). The van der Waals surface area contributed by atoms with E-state index in [1.807, 2.05) is 55.5 Å². The number of nitrogen functional groups attached to an aromatic ring is 1. The van der Waals surface area contributed by atoms with E-state index in [-0.39, 0.29) is 11.9 Å². The van der Waals surface area contributed by atoms with Crippen LogP contribution in [0.2, 0.25) is 0 Å². The van der Waals surface area contributed by atoms with Crippen LogP contribution < -0.4 is 15.8 Å². The molecule has 1 unspecified atom stereocenters. The number of carbonyl (C=O) groups excluding carboxylic acids is 1. The van der Waals surface area contributed by atoms with Crippen LogP contribution in [0, 0.1) is 0 Å². The minimum atomic E-state index is -0.546. The third-order valence-corrected chi connectivity index (χ3v) is 6.68. The minimum Gasteiger partial charge on any atom is -0.497 e. The number of rotatable bonds is 8. The fourth-order valence-electron chi connectivity index (χ4n) is 3.16. The summed E-state index contributed by atoms with van der Waals surface area (Å²) in [7, 11) is 1.62. The number of fused-ring (bicyclic) bond motifs is 1. The minimum absolute atomic E-state index is 0.207. The summed E-state index contributed by atoms with van der Waals surface area (Å²) >= 11 is 2.89. The number of benzene rings is 2. The van der Waals surface area contributed by atoms with Gasteiger partial charge in [-0.25, -0.2) is 4.98 Å². The molecular weight excluding hydrogens is 432 g/mol. The van der Waals surface area contributed by atoms with E-state index in [0.29, 0.717) is 22.5 Å². The maximum absolute atomic E-state index is 13.1. The van der Waals surface area contributed by atoms with Gasteiger partial charge in [0.25, 0.3) is 0 Å². The molecule has 0 saturated heterocycles. The molecule has 0 aliphatic rings. The lowest BCUT2D eigenvalue weighted by atomic mass is 10.2. The molecular formula is C21H22N6O2S2. The lowest BCUT2D eigenvalue weighted by molar-refractivity contribution is -0.119. The van der Waals surface area contributed by atoms with Gasteiger partial charge >= 0.3 is 0 Å². The number of hydrogen-bond acceptors (Lipinski definition) is 8. The van der Waals surface area contributed by atoms with Gasteiger partial charge in [-0.3, -0.25) is 9.36 Å². The molecule has 4 aromatic rings. The third kappa shape index (κ3) is 4.64. The van der Waals surface area contributed by atoms with E-state index in [1.54, 1.807) is 11.7 Å². The highest BCUT2D eigenvalue weighted by Gasteiger charge is 2.25. The van der Waals surface area contributed by atoms with Crippen LogP contribution in [-0.2, 0) is 10.5 Å². The van der Waals surface area contributed by atoms with Crippen LogP contribution in [0.25, 0.3) is 10.2 Å². The van der Waals surface area contributed by atoms with Crippen molar-refractivity contribution in [3.63, 3.8) is 0 Å². The highest BCUT2D eigenvalue weighted by Crippen LogP contribution is 2.31. The molecule has 0 aliphatic carbocycles. The highest BCUT2D eigenvalue weighted by molar-refractivity contribution is 7.98. The van der Waals surface area contributed by atoms with Crippen molar-refractivity contribution in [1.82, 2.24) is 19.7 Å². The lowest BCUT2D eigenvalue weighted by Crippen LogP contribution is -2.27. The standard InChI is InChI=1S/C21H22N6O2S2/c1-3-16(18(28)24-20-23-15-10-9-14(29-2)11-17(15)31-20)27-19(22)25-26-21(27)30-12-13-7-5-4-6-8-13/h4-11,16H,3,12H2,1-2H3,(H2,22,25)(H,23,24,28). The summed E-state index contributed by atoms with van der Waals surface area (Å²) in [6.07, 6.45) is 0.533. The van der Waals surface area contributed by atoms with Crippen LogP contribution in [-0.4, -0.2) is 32.8 Å². The van der Waals surface area contributed by atoms with Crippen LogP contribution in [0.1, 0.15) is 24.9 Å². The lowest BCUT2D eigenvalue weighted by Gasteiger charge is -2.18. The number of methoxy groups -OCH3 is 1. The normalized spacial score (nSPS) is 12.1. The molecule has 1 amide bonds. The predicted molar refractivity (Wildman–Crippen MR) is 125 cm³/mol. The number of carbonyl (C=O) groups is 1. The van der Waals surface area contributed by atoms with E-state index in [0.717, 1.165) is 21.5 Å². The van der Waals surface area contributed by atoms with E-state index in [1.165, 1.54) is 23.1 Å². The van der Waals surface area contributed by atoms with Gasteiger partial charge in [-0.1, -0.05) is 60.4 Å². The molecule has 0 aliphatic heterocycles. The number of hydrogen-bond donors (Lipinski definition) is 2. The zero-order valence-corrected chi connectivity index (χ0v) is 18.7. The third-order valence-electron chi connectivity index (χ3n) is 4.73. The number of thioether (sulfide) groups is 1. The van der Waals surface area contributed by atoms with Crippen molar-refractivity contribution in [3.05, 3.63) is 54.1 Å². The van der Waals surface area contributed by atoms with Gasteiger partial charge in [-0.15, -0.1) is 10.2 Å². The molecule has 10 heteroatoms. The molecule has 0 radical (unpaired) electrons. The van der Waals surface area contributed by atoms with Gasteiger partial charge in [-0.05, 0) is 30.2 Å². The van der Waals surface area contributed by atoms with Crippen LogP contribution in [0.15, 0.2) is 53.7 Å². The van der Waals surface area contributed by atoms with E-state index >= 15 is 0 Å². The molecule has 8 nitrogen and oxygen atoms in total. The Morgan fingerprint density at radius 3 is 2.81 bits per heavy atom. The number of thiazole rings is 1. The number of nitrogens with one attached hydrogen (secondary N) is 1. The largest absolute Gasteiger partial charge is 0.497 e. The first-order valence-corrected chi connectivity index (χ1v) is 11.5. The van der Waals surface area contributed by atoms with Gasteiger partial charge in [0.05, 0.1) is 17.3 Å². The Bertz CT molecular complexity index is 1190. The van der Waals surface area contributed by atoms with Crippen molar-refractivity contribution >= 4 is 50.3 Å². The van der Waals surface area contributed by atoms with Crippen LogP contribution >= 0.6 is 23.1 Å². The number of ether oxygens (including phenoxy) is 1. The molecule has 2 aromatic carbocycles. The number of nitrogens with zero attached hydrogens (tertiary/aromatic N) is 4. The maximum Gasteiger partial charge on any atom is 0.249 e. The zero-order valence-electron chi connectivity index (χ0n) is 17.1.